The van der Waals surface area contributed by atoms with Gasteiger partial charge >= 0.3 is 0 Å². The number of thioether (sulfide) groups is 1. The molecule has 0 aliphatic heterocycles. The van der Waals surface area contributed by atoms with E-state index < -0.39 is 0 Å². The molecule has 1 rings (SSSR count). The molecule has 1 N–H and O–H groups in total. The fourth-order valence-electron chi connectivity index (χ4n) is 0.739. The molecule has 0 aromatic heterocycles. The van der Waals surface area contributed by atoms with Crippen LogP contribution in [0.25, 0.3) is 0 Å². The van der Waals surface area contributed by atoms with E-state index in [1.54, 1.807) is 12.1 Å². The van der Waals surface area contributed by atoms with Crippen LogP contribution in [0.2, 0.25) is 0 Å². The number of hydrogen-bond acceptors (Lipinski definition) is 3. The average Bonchev–Trinajstić information content (AvgIpc) is 2.16. The number of nitrogens with one attached hydrogen (secondary N) is 1. The zero-order valence-corrected chi connectivity index (χ0v) is 8.03. The number of rotatable bonds is 3. The summed E-state index contributed by atoms with van der Waals surface area (Å²) in [6.07, 6.45) is 0. The third-order valence-electron chi connectivity index (χ3n) is 1.43. The van der Waals surface area contributed by atoms with Crippen molar-refractivity contribution in [2.45, 2.75) is 4.90 Å². The largest absolute Gasteiger partial charge is 0.484 e. The summed E-state index contributed by atoms with van der Waals surface area (Å²) in [5.74, 6) is 0.447. The van der Waals surface area contributed by atoms with Crippen LogP contribution < -0.4 is 0 Å². The van der Waals surface area contributed by atoms with Crippen molar-refractivity contribution >= 4 is 17.7 Å². The minimum atomic E-state index is -0.244. The van der Waals surface area contributed by atoms with Gasteiger partial charge in [-0.1, -0.05) is 0 Å². The highest BCUT2D eigenvalue weighted by atomic mass is 32.2. The van der Waals surface area contributed by atoms with Gasteiger partial charge in [-0.15, -0.1) is 11.8 Å². The first-order valence-electron chi connectivity index (χ1n) is 3.72. The average molecular weight is 199 g/mol. The number of ether oxygens (including phenoxy) is 1. The lowest BCUT2D eigenvalue weighted by Crippen LogP contribution is -2.01. The van der Waals surface area contributed by atoms with Crippen molar-refractivity contribution in [1.29, 1.82) is 5.41 Å². The van der Waals surface area contributed by atoms with Crippen LogP contribution in [0, 0.1) is 11.2 Å². The Hall–Kier alpha value is -1.03. The number of methoxy groups -OCH3 is 1. The molecule has 0 heterocycles. The third-order valence-corrected chi connectivity index (χ3v) is 2.44. The predicted molar refractivity (Wildman–Crippen MR) is 51.9 cm³/mol. The second-order valence-corrected chi connectivity index (χ2v) is 3.42. The maximum atomic E-state index is 12.5. The molecule has 2 nitrogen and oxygen atoms in total. The van der Waals surface area contributed by atoms with Gasteiger partial charge in [-0.25, -0.2) is 4.39 Å². The van der Waals surface area contributed by atoms with Crippen molar-refractivity contribution in [3.63, 3.8) is 0 Å². The van der Waals surface area contributed by atoms with Crippen molar-refractivity contribution in [3.8, 4) is 0 Å². The van der Waals surface area contributed by atoms with E-state index in [4.69, 9.17) is 5.41 Å². The number of halogens is 1. The lowest BCUT2D eigenvalue weighted by atomic mass is 10.4. The Morgan fingerprint density at radius 1 is 1.46 bits per heavy atom. The molecular weight excluding hydrogens is 189 g/mol. The molecule has 0 atom stereocenters. The molecule has 0 saturated heterocycles. The summed E-state index contributed by atoms with van der Waals surface area (Å²) in [5.41, 5.74) is 0. The zero-order valence-electron chi connectivity index (χ0n) is 7.21. The van der Waals surface area contributed by atoms with Crippen LogP contribution in [-0.2, 0) is 4.74 Å². The molecule has 0 unspecified atom stereocenters. The van der Waals surface area contributed by atoms with Gasteiger partial charge in [0.2, 0.25) is 0 Å². The summed E-state index contributed by atoms with van der Waals surface area (Å²) in [5, 5.41) is 7.21. The van der Waals surface area contributed by atoms with E-state index in [1.807, 2.05) is 0 Å². The van der Waals surface area contributed by atoms with E-state index >= 15 is 0 Å². The Balaban J connectivity index is 2.46. The standard InChI is InChI=1S/C9H10FNOS/c1-12-9(11)6-13-8-4-2-7(10)3-5-8/h2-5,11H,6H2,1H3. The Bertz CT molecular complexity index is 286. The SMILES string of the molecule is COC(=N)CSc1ccc(F)cc1. The molecular formula is C9H10FNOS. The van der Waals surface area contributed by atoms with Gasteiger partial charge in [-0.3, -0.25) is 5.41 Å². The quantitative estimate of drug-likeness (QED) is 0.461. The van der Waals surface area contributed by atoms with E-state index in [1.165, 1.54) is 31.0 Å². The maximum absolute atomic E-state index is 12.5. The van der Waals surface area contributed by atoms with Gasteiger partial charge in [0, 0.05) is 4.90 Å². The van der Waals surface area contributed by atoms with Crippen molar-refractivity contribution < 1.29 is 9.13 Å². The van der Waals surface area contributed by atoms with Crippen LogP contribution in [0.15, 0.2) is 29.2 Å². The summed E-state index contributed by atoms with van der Waals surface area (Å²) in [6.45, 7) is 0. The van der Waals surface area contributed by atoms with E-state index in [9.17, 15) is 4.39 Å². The Morgan fingerprint density at radius 2 is 2.08 bits per heavy atom. The van der Waals surface area contributed by atoms with E-state index in [0.29, 0.717) is 5.75 Å². The highest BCUT2D eigenvalue weighted by molar-refractivity contribution is 8.00. The first kappa shape index (κ1) is 10.1. The van der Waals surface area contributed by atoms with Crippen LogP contribution in [0.1, 0.15) is 0 Å². The molecule has 13 heavy (non-hydrogen) atoms. The van der Waals surface area contributed by atoms with Crippen LogP contribution in [0.5, 0.6) is 0 Å². The zero-order chi connectivity index (χ0) is 9.68. The first-order valence-corrected chi connectivity index (χ1v) is 4.70. The van der Waals surface area contributed by atoms with Crippen LogP contribution in [0.4, 0.5) is 4.39 Å². The fraction of sp³-hybridized carbons (Fsp3) is 0.222. The van der Waals surface area contributed by atoms with Gasteiger partial charge in [0.25, 0.3) is 0 Å². The minimum Gasteiger partial charge on any atom is -0.484 e. The maximum Gasteiger partial charge on any atom is 0.190 e. The lowest BCUT2D eigenvalue weighted by Gasteiger charge is -2.01. The molecule has 0 amide bonds. The molecule has 0 saturated carbocycles. The molecule has 1 aromatic rings. The summed E-state index contributed by atoms with van der Waals surface area (Å²) >= 11 is 1.45. The Morgan fingerprint density at radius 3 is 2.62 bits per heavy atom. The van der Waals surface area contributed by atoms with Gasteiger partial charge < -0.3 is 4.74 Å². The second-order valence-electron chi connectivity index (χ2n) is 2.37. The number of benzene rings is 1. The summed E-state index contributed by atoms with van der Waals surface area (Å²) < 4.78 is 17.2. The van der Waals surface area contributed by atoms with E-state index in [0.717, 1.165) is 4.90 Å². The summed E-state index contributed by atoms with van der Waals surface area (Å²) in [6, 6.07) is 6.17. The Labute approximate surface area is 80.6 Å². The summed E-state index contributed by atoms with van der Waals surface area (Å²) in [7, 11) is 1.47. The first-order chi connectivity index (χ1) is 6.22. The normalized spacial score (nSPS) is 9.69. The molecule has 0 spiro atoms. The molecule has 0 radical (unpaired) electrons. The predicted octanol–water partition coefficient (Wildman–Crippen LogP) is 2.54. The summed E-state index contributed by atoms with van der Waals surface area (Å²) in [4.78, 5) is 0.934. The molecule has 0 aliphatic carbocycles. The third kappa shape index (κ3) is 3.46. The second kappa shape index (κ2) is 4.87. The molecule has 4 heteroatoms. The van der Waals surface area contributed by atoms with Crippen LogP contribution >= 0.6 is 11.8 Å². The molecule has 0 fully saturated rings. The lowest BCUT2D eigenvalue weighted by molar-refractivity contribution is 0.397. The van der Waals surface area contributed by atoms with Gasteiger partial charge in [0.05, 0.1) is 12.9 Å². The van der Waals surface area contributed by atoms with Crippen molar-refractivity contribution in [1.82, 2.24) is 0 Å². The van der Waals surface area contributed by atoms with Crippen molar-refractivity contribution in [2.75, 3.05) is 12.9 Å². The Kier molecular flexibility index (Phi) is 3.76. The van der Waals surface area contributed by atoms with Gasteiger partial charge in [0.1, 0.15) is 5.82 Å². The highest BCUT2D eigenvalue weighted by Gasteiger charge is 1.98. The van der Waals surface area contributed by atoms with Crippen LogP contribution in [0.3, 0.4) is 0 Å². The topological polar surface area (TPSA) is 33.1 Å². The van der Waals surface area contributed by atoms with Gasteiger partial charge in [-0.2, -0.15) is 0 Å². The van der Waals surface area contributed by atoms with Gasteiger partial charge in [-0.05, 0) is 24.3 Å². The monoisotopic (exact) mass is 199 g/mol. The fourth-order valence-corrected chi connectivity index (χ4v) is 1.48. The number of hydrogen-bond donors (Lipinski definition) is 1. The minimum absolute atomic E-state index is 0.217. The van der Waals surface area contributed by atoms with E-state index in [-0.39, 0.29) is 11.7 Å². The molecule has 0 bridgehead atoms. The smallest absolute Gasteiger partial charge is 0.190 e. The van der Waals surface area contributed by atoms with Crippen molar-refractivity contribution in [3.05, 3.63) is 30.1 Å². The highest BCUT2D eigenvalue weighted by Crippen LogP contribution is 2.17. The molecule has 1 aromatic carbocycles. The van der Waals surface area contributed by atoms with Crippen LogP contribution in [-0.4, -0.2) is 18.8 Å². The van der Waals surface area contributed by atoms with Crippen molar-refractivity contribution in [2.24, 2.45) is 0 Å². The van der Waals surface area contributed by atoms with E-state index in [2.05, 4.69) is 4.74 Å². The van der Waals surface area contributed by atoms with Gasteiger partial charge in [0.15, 0.2) is 5.90 Å². The molecule has 0 aliphatic rings. The molecule has 70 valence electrons.